The molecule has 0 saturated carbocycles. The van der Waals surface area contributed by atoms with Crippen molar-refractivity contribution in [3.8, 4) is 0 Å². The fraction of sp³-hybridized carbons (Fsp3) is 0.500. The van der Waals surface area contributed by atoms with Crippen molar-refractivity contribution < 1.29 is 9.90 Å². The molecule has 1 aromatic heterocycles. The topological polar surface area (TPSA) is 78.0 Å². The van der Waals surface area contributed by atoms with Gasteiger partial charge in [0.15, 0.2) is 0 Å². The Labute approximate surface area is 124 Å². The van der Waals surface area contributed by atoms with Crippen LogP contribution in [0, 0.1) is 5.41 Å². The van der Waals surface area contributed by atoms with Crippen LogP contribution in [0.4, 0.5) is 0 Å². The van der Waals surface area contributed by atoms with E-state index >= 15 is 0 Å². The summed E-state index contributed by atoms with van der Waals surface area (Å²) in [5.41, 5.74) is 1.71. The van der Waals surface area contributed by atoms with Crippen LogP contribution in [0.1, 0.15) is 32.9 Å². The van der Waals surface area contributed by atoms with Gasteiger partial charge in [-0.15, -0.1) is 0 Å². The number of amides is 1. The fourth-order valence-corrected chi connectivity index (χ4v) is 2.49. The van der Waals surface area contributed by atoms with Crippen LogP contribution in [-0.2, 0) is 11.2 Å². The molecule has 0 fully saturated rings. The molecule has 1 atom stereocenters. The summed E-state index contributed by atoms with van der Waals surface area (Å²) in [6.07, 6.45) is 0.972. The van der Waals surface area contributed by atoms with Crippen molar-refractivity contribution in [3.63, 3.8) is 0 Å². The number of carbonyl (C=O) groups excluding carboxylic acids is 1. The highest BCUT2D eigenvalue weighted by molar-refractivity contribution is 5.87. The Morgan fingerprint density at radius 1 is 1.38 bits per heavy atom. The summed E-state index contributed by atoms with van der Waals surface area (Å²) >= 11 is 0. The average Bonchev–Trinajstić information content (AvgIpc) is 2.80. The number of H-pyrrole nitrogens is 1. The van der Waals surface area contributed by atoms with Gasteiger partial charge in [-0.3, -0.25) is 9.89 Å². The molecule has 0 aliphatic rings. The zero-order valence-corrected chi connectivity index (χ0v) is 12.8. The van der Waals surface area contributed by atoms with E-state index in [4.69, 9.17) is 0 Å². The van der Waals surface area contributed by atoms with Gasteiger partial charge in [-0.25, -0.2) is 0 Å². The van der Waals surface area contributed by atoms with Crippen molar-refractivity contribution in [2.24, 2.45) is 5.41 Å². The summed E-state index contributed by atoms with van der Waals surface area (Å²) in [5.74, 6) is -0.104. The van der Waals surface area contributed by atoms with E-state index in [9.17, 15) is 9.90 Å². The molecule has 3 N–H and O–H groups in total. The van der Waals surface area contributed by atoms with Crippen molar-refractivity contribution in [3.05, 3.63) is 30.0 Å². The molecule has 1 aromatic carbocycles. The van der Waals surface area contributed by atoms with E-state index in [-0.39, 0.29) is 30.4 Å². The molecule has 0 saturated heterocycles. The van der Waals surface area contributed by atoms with Gasteiger partial charge in [0.1, 0.15) is 0 Å². The van der Waals surface area contributed by atoms with Gasteiger partial charge < -0.3 is 10.4 Å². The first-order valence-corrected chi connectivity index (χ1v) is 7.21. The lowest BCUT2D eigenvalue weighted by atomic mass is 9.88. The summed E-state index contributed by atoms with van der Waals surface area (Å²) in [7, 11) is 0. The van der Waals surface area contributed by atoms with E-state index in [2.05, 4.69) is 36.3 Å². The molecule has 1 heterocycles. The van der Waals surface area contributed by atoms with Gasteiger partial charge in [0.05, 0.1) is 30.3 Å². The molecular weight excluding hydrogens is 266 g/mol. The van der Waals surface area contributed by atoms with Gasteiger partial charge >= 0.3 is 0 Å². The number of hydrogen-bond donors (Lipinski definition) is 3. The molecular formula is C16H23N3O2. The zero-order valence-electron chi connectivity index (χ0n) is 12.8. The van der Waals surface area contributed by atoms with Crippen LogP contribution in [0.3, 0.4) is 0 Å². The number of aliphatic hydroxyl groups excluding tert-OH is 1. The smallest absolute Gasteiger partial charge is 0.226 e. The number of carbonyl (C=O) groups is 1. The van der Waals surface area contributed by atoms with Crippen molar-refractivity contribution in [2.75, 3.05) is 6.61 Å². The first kappa shape index (κ1) is 15.5. The number of benzene rings is 1. The Hall–Kier alpha value is -1.88. The summed E-state index contributed by atoms with van der Waals surface area (Å²) in [5, 5.41) is 20.3. The monoisotopic (exact) mass is 289 g/mol. The Bertz CT molecular complexity index is 613. The second-order valence-electron chi connectivity index (χ2n) is 6.61. The van der Waals surface area contributed by atoms with Crippen LogP contribution in [0.25, 0.3) is 10.9 Å². The first-order valence-electron chi connectivity index (χ1n) is 7.21. The van der Waals surface area contributed by atoms with Crippen molar-refractivity contribution in [1.29, 1.82) is 0 Å². The van der Waals surface area contributed by atoms with Crippen LogP contribution in [0.5, 0.6) is 0 Å². The van der Waals surface area contributed by atoms with Crippen LogP contribution in [0.2, 0.25) is 0 Å². The number of para-hydroxylation sites is 1. The van der Waals surface area contributed by atoms with E-state index in [1.807, 2.05) is 24.3 Å². The molecule has 2 aromatic rings. The molecule has 5 nitrogen and oxygen atoms in total. The van der Waals surface area contributed by atoms with Gasteiger partial charge in [0.25, 0.3) is 0 Å². The van der Waals surface area contributed by atoms with E-state index < -0.39 is 0 Å². The summed E-state index contributed by atoms with van der Waals surface area (Å²) < 4.78 is 0. The Kier molecular flexibility index (Phi) is 4.63. The van der Waals surface area contributed by atoms with Gasteiger partial charge in [-0.05, 0) is 17.9 Å². The summed E-state index contributed by atoms with van der Waals surface area (Å²) in [6.45, 7) is 6.21. The number of rotatable bonds is 5. The molecule has 114 valence electrons. The second kappa shape index (κ2) is 6.26. The number of aliphatic hydroxyl groups is 1. The SMILES string of the molecule is CC(C)(C)CC(CO)NC(=O)Cc1[nH]nc2ccccc12. The fourth-order valence-electron chi connectivity index (χ4n) is 2.49. The standard InChI is InChI=1S/C16H23N3O2/c1-16(2,3)9-11(10-20)17-15(21)8-14-12-6-4-5-7-13(12)18-19-14/h4-7,11,20H,8-10H2,1-3H3,(H,17,21)(H,18,19). The van der Waals surface area contributed by atoms with E-state index in [1.54, 1.807) is 0 Å². The maximum Gasteiger partial charge on any atom is 0.226 e. The molecule has 0 aliphatic carbocycles. The van der Waals surface area contributed by atoms with Crippen molar-refractivity contribution in [2.45, 2.75) is 39.7 Å². The number of aromatic nitrogens is 2. The summed E-state index contributed by atoms with van der Waals surface area (Å²) in [4.78, 5) is 12.1. The minimum absolute atomic E-state index is 0.0489. The number of hydrogen-bond acceptors (Lipinski definition) is 3. The molecule has 5 heteroatoms. The molecule has 1 amide bonds. The third kappa shape index (κ3) is 4.29. The first-order chi connectivity index (χ1) is 9.89. The largest absolute Gasteiger partial charge is 0.394 e. The normalized spacial score (nSPS) is 13.3. The zero-order chi connectivity index (χ0) is 15.5. The predicted molar refractivity (Wildman–Crippen MR) is 82.9 cm³/mol. The highest BCUT2D eigenvalue weighted by Gasteiger charge is 2.20. The lowest BCUT2D eigenvalue weighted by molar-refractivity contribution is -0.121. The number of nitrogens with one attached hydrogen (secondary N) is 2. The van der Waals surface area contributed by atoms with Gasteiger partial charge in [0, 0.05) is 5.39 Å². The van der Waals surface area contributed by atoms with E-state index in [1.165, 1.54) is 0 Å². The average molecular weight is 289 g/mol. The Morgan fingerprint density at radius 2 is 2.10 bits per heavy atom. The van der Waals surface area contributed by atoms with Crippen LogP contribution in [-0.4, -0.2) is 33.9 Å². The Balaban J connectivity index is 2.01. The number of nitrogens with zero attached hydrogens (tertiary/aromatic N) is 1. The van der Waals surface area contributed by atoms with Gasteiger partial charge in [-0.1, -0.05) is 39.0 Å². The summed E-state index contributed by atoms with van der Waals surface area (Å²) in [6, 6.07) is 7.48. The molecule has 2 rings (SSSR count). The van der Waals surface area contributed by atoms with Crippen molar-refractivity contribution >= 4 is 16.8 Å². The minimum Gasteiger partial charge on any atom is -0.394 e. The van der Waals surface area contributed by atoms with Gasteiger partial charge in [-0.2, -0.15) is 5.10 Å². The van der Waals surface area contributed by atoms with Gasteiger partial charge in [0.2, 0.25) is 5.91 Å². The van der Waals surface area contributed by atoms with Crippen LogP contribution in [0.15, 0.2) is 24.3 Å². The quantitative estimate of drug-likeness (QED) is 0.788. The molecule has 0 radical (unpaired) electrons. The van der Waals surface area contributed by atoms with Crippen molar-refractivity contribution in [1.82, 2.24) is 15.5 Å². The Morgan fingerprint density at radius 3 is 2.76 bits per heavy atom. The molecule has 1 unspecified atom stereocenters. The number of fused-ring (bicyclic) bond motifs is 1. The predicted octanol–water partition coefficient (Wildman–Crippen LogP) is 2.02. The highest BCUT2D eigenvalue weighted by Crippen LogP contribution is 2.21. The molecule has 0 aliphatic heterocycles. The van der Waals surface area contributed by atoms with Crippen LogP contribution < -0.4 is 5.32 Å². The number of aromatic amines is 1. The lowest BCUT2D eigenvalue weighted by Gasteiger charge is -2.25. The maximum atomic E-state index is 12.1. The third-order valence-electron chi connectivity index (χ3n) is 3.32. The maximum absolute atomic E-state index is 12.1. The van der Waals surface area contributed by atoms with E-state index in [0.29, 0.717) is 0 Å². The molecule has 21 heavy (non-hydrogen) atoms. The second-order valence-corrected chi connectivity index (χ2v) is 6.61. The van der Waals surface area contributed by atoms with Crippen LogP contribution >= 0.6 is 0 Å². The van der Waals surface area contributed by atoms with E-state index in [0.717, 1.165) is 23.0 Å². The molecule has 0 spiro atoms. The highest BCUT2D eigenvalue weighted by atomic mass is 16.3. The lowest BCUT2D eigenvalue weighted by Crippen LogP contribution is -2.40. The molecule has 0 bridgehead atoms. The third-order valence-corrected chi connectivity index (χ3v) is 3.32. The minimum atomic E-state index is -0.216.